The standard InChI is InChI=1S/C30H8F24N4/c31-23(32,33)9-1-3-11(13(5-9)25(37,38)39)19-21-17(55-29(49,50)51)16(28(46,47)48)8-58(21)20(12-4-2-10(24(34,35)36)6-14(12)26(40,41)42)22-18(56-30(52,53)54)15(7-57(19)22)27(43,44)45/h1-8H/b55-17+,56-18+. The Morgan fingerprint density at radius 2 is 0.621 bits per heavy atom. The van der Waals surface area contributed by atoms with E-state index in [1.807, 2.05) is 0 Å². The molecule has 0 aliphatic carbocycles. The molecule has 5 rings (SSSR count). The normalized spacial score (nSPS) is 15.1. The van der Waals surface area contributed by atoms with Crippen molar-refractivity contribution >= 4 is 11.0 Å². The lowest BCUT2D eigenvalue weighted by Gasteiger charge is -2.22. The summed E-state index contributed by atoms with van der Waals surface area (Å²) in [5, 5.41) is -5.47. The number of alkyl halides is 24. The van der Waals surface area contributed by atoms with Gasteiger partial charge in [-0.2, -0.15) is 89.0 Å². The number of halogens is 24. The van der Waals surface area contributed by atoms with E-state index in [1.54, 1.807) is 9.98 Å². The lowest BCUT2D eigenvalue weighted by atomic mass is 9.97. The van der Waals surface area contributed by atoms with E-state index in [9.17, 15) is 105 Å². The third-order valence-electron chi connectivity index (χ3n) is 7.79. The van der Waals surface area contributed by atoms with Crippen LogP contribution in [0.4, 0.5) is 105 Å². The molecule has 3 heterocycles. The fourth-order valence-corrected chi connectivity index (χ4v) is 5.76. The number of benzene rings is 2. The summed E-state index contributed by atoms with van der Waals surface area (Å²) in [4.78, 5) is 3.53. The Kier molecular flexibility index (Phi) is 9.88. The molecule has 0 aliphatic heterocycles. The van der Waals surface area contributed by atoms with Crippen LogP contribution >= 0.6 is 0 Å². The average Bonchev–Trinajstić information content (AvgIpc) is 3.55. The van der Waals surface area contributed by atoms with E-state index in [0.29, 0.717) is 0 Å². The highest BCUT2D eigenvalue weighted by Crippen LogP contribution is 2.47. The predicted molar refractivity (Wildman–Crippen MR) is 144 cm³/mol. The van der Waals surface area contributed by atoms with E-state index in [2.05, 4.69) is 0 Å². The minimum Gasteiger partial charge on any atom is -0.310 e. The number of aromatic nitrogens is 2. The highest BCUT2D eigenvalue weighted by Gasteiger charge is 2.46. The van der Waals surface area contributed by atoms with Crippen molar-refractivity contribution in [3.8, 4) is 22.5 Å². The Hall–Kier alpha value is -5.34. The zero-order valence-electron chi connectivity index (χ0n) is 26.5. The van der Waals surface area contributed by atoms with Gasteiger partial charge in [-0.05, 0) is 24.3 Å². The number of fused-ring (bicyclic) bond motifs is 2. The van der Waals surface area contributed by atoms with Gasteiger partial charge < -0.3 is 8.80 Å². The van der Waals surface area contributed by atoms with Crippen LogP contribution in [0.3, 0.4) is 0 Å². The summed E-state index contributed by atoms with van der Waals surface area (Å²) in [7, 11) is 0. The first kappa shape index (κ1) is 43.8. The van der Waals surface area contributed by atoms with Crippen LogP contribution in [0.25, 0.3) is 33.5 Å². The van der Waals surface area contributed by atoms with Crippen LogP contribution < -0.4 is 10.7 Å². The maximum atomic E-state index is 14.5. The van der Waals surface area contributed by atoms with Gasteiger partial charge in [0.05, 0.1) is 55.8 Å². The molecule has 0 bridgehead atoms. The Bertz CT molecular complexity index is 2370. The molecule has 0 amide bonds. The summed E-state index contributed by atoms with van der Waals surface area (Å²) in [5.74, 6) is 0. The SMILES string of the molecule is FC(F)(F)/N=c1\c(C(F)(F)F)cn2c(-c3ccc(C(F)(F)F)cc3C(F)(F)F)c3/c(=N/C(F)(F)F)c(C(F)(F)F)cn3c(-c3ccc(C(F)(F)F)cc3C(F)(F)F)c12. The highest BCUT2D eigenvalue weighted by atomic mass is 19.4. The molecule has 28 heteroatoms. The molecular formula is C30H8F24N4. The number of nitrogens with zero attached hydrogens (tertiary/aromatic N) is 4. The first-order valence-electron chi connectivity index (χ1n) is 14.4. The number of rotatable bonds is 2. The van der Waals surface area contributed by atoms with Gasteiger partial charge in [0.15, 0.2) is 0 Å². The van der Waals surface area contributed by atoms with E-state index in [4.69, 9.17) is 0 Å². The Morgan fingerprint density at radius 1 is 0.345 bits per heavy atom. The van der Waals surface area contributed by atoms with Crippen molar-refractivity contribution in [1.29, 1.82) is 0 Å². The second-order valence-electron chi connectivity index (χ2n) is 11.6. The van der Waals surface area contributed by atoms with E-state index in [1.165, 1.54) is 0 Å². The third-order valence-corrected chi connectivity index (χ3v) is 7.79. The van der Waals surface area contributed by atoms with Crippen molar-refractivity contribution in [2.24, 2.45) is 9.98 Å². The highest BCUT2D eigenvalue weighted by molar-refractivity contribution is 5.91. The summed E-state index contributed by atoms with van der Waals surface area (Å²) < 4.78 is 336. The molecule has 0 spiro atoms. The second-order valence-corrected chi connectivity index (χ2v) is 11.6. The molecule has 0 atom stereocenters. The number of hydrogen-bond acceptors (Lipinski definition) is 2. The van der Waals surface area contributed by atoms with E-state index >= 15 is 0 Å². The lowest BCUT2D eigenvalue weighted by molar-refractivity contribution is -0.144. The maximum Gasteiger partial charge on any atom is 0.503 e. The summed E-state index contributed by atoms with van der Waals surface area (Å²) in [5.41, 5.74) is -29.2. The molecule has 0 aliphatic rings. The van der Waals surface area contributed by atoms with Crippen molar-refractivity contribution in [2.45, 2.75) is 49.7 Å². The molecule has 0 fully saturated rings. The zero-order valence-corrected chi connectivity index (χ0v) is 26.5. The largest absolute Gasteiger partial charge is 0.503 e. The molecule has 2 aromatic carbocycles. The van der Waals surface area contributed by atoms with Crippen molar-refractivity contribution in [2.75, 3.05) is 0 Å². The van der Waals surface area contributed by atoms with Gasteiger partial charge in [0.2, 0.25) is 0 Å². The van der Waals surface area contributed by atoms with Gasteiger partial charge in [0.1, 0.15) is 10.7 Å². The molecule has 4 nitrogen and oxygen atoms in total. The van der Waals surface area contributed by atoms with Gasteiger partial charge >= 0.3 is 49.7 Å². The Morgan fingerprint density at radius 3 is 0.845 bits per heavy atom. The van der Waals surface area contributed by atoms with Crippen LogP contribution in [0.2, 0.25) is 0 Å². The van der Waals surface area contributed by atoms with Crippen LogP contribution in [0.1, 0.15) is 33.4 Å². The minimum absolute atomic E-state index is 0.359. The molecule has 0 saturated carbocycles. The monoisotopic (exact) mass is 880 g/mol. The van der Waals surface area contributed by atoms with Crippen LogP contribution in [-0.2, 0) is 37.1 Å². The molecule has 3 aromatic heterocycles. The average molecular weight is 880 g/mol. The Labute approximate surface area is 300 Å². The van der Waals surface area contributed by atoms with Gasteiger partial charge in [0.25, 0.3) is 0 Å². The first-order chi connectivity index (χ1) is 25.8. The van der Waals surface area contributed by atoms with Crippen LogP contribution in [0.15, 0.2) is 58.8 Å². The minimum atomic E-state index is -6.32. The van der Waals surface area contributed by atoms with Gasteiger partial charge in [-0.1, -0.05) is 12.1 Å². The van der Waals surface area contributed by atoms with Gasteiger partial charge in [-0.25, -0.2) is 0 Å². The summed E-state index contributed by atoms with van der Waals surface area (Å²) in [6.07, 6.45) is -50.8. The zero-order chi connectivity index (χ0) is 44.3. The van der Waals surface area contributed by atoms with Gasteiger partial charge in [-0.3, -0.25) is 0 Å². The van der Waals surface area contributed by atoms with Gasteiger partial charge in [0, 0.05) is 23.5 Å². The predicted octanol–water partition coefficient (Wildman–Crippen LogP) is 11.9. The van der Waals surface area contributed by atoms with Crippen molar-refractivity contribution in [3.05, 3.63) is 92.9 Å². The summed E-state index contributed by atoms with van der Waals surface area (Å²) in [6, 6.07) is -3.25. The van der Waals surface area contributed by atoms with Crippen LogP contribution in [0, 0.1) is 0 Å². The summed E-state index contributed by atoms with van der Waals surface area (Å²) in [6.45, 7) is 0. The molecule has 316 valence electrons. The lowest BCUT2D eigenvalue weighted by Crippen LogP contribution is -2.23. The fourth-order valence-electron chi connectivity index (χ4n) is 5.76. The van der Waals surface area contributed by atoms with E-state index < -0.39 is 173 Å². The van der Waals surface area contributed by atoms with Crippen LogP contribution in [0.5, 0.6) is 0 Å². The molecular weight excluding hydrogens is 872 g/mol. The van der Waals surface area contributed by atoms with E-state index in [-0.39, 0.29) is 12.1 Å². The molecule has 0 saturated heterocycles. The smallest absolute Gasteiger partial charge is 0.310 e. The third kappa shape index (κ3) is 8.30. The fraction of sp³-hybridized carbons (Fsp3) is 0.267. The van der Waals surface area contributed by atoms with Crippen molar-refractivity contribution in [3.63, 3.8) is 0 Å². The van der Waals surface area contributed by atoms with Crippen molar-refractivity contribution in [1.82, 2.24) is 8.80 Å². The summed E-state index contributed by atoms with van der Waals surface area (Å²) >= 11 is 0. The molecule has 5 aromatic rings. The molecule has 0 unspecified atom stereocenters. The maximum absolute atomic E-state index is 14.5. The first-order valence-corrected chi connectivity index (χ1v) is 14.4. The number of hydrogen-bond donors (Lipinski definition) is 0. The molecule has 0 radical (unpaired) electrons. The quantitative estimate of drug-likeness (QED) is 0.125. The second kappa shape index (κ2) is 13.1. The Balaban J connectivity index is 2.36. The van der Waals surface area contributed by atoms with Crippen LogP contribution in [-0.4, -0.2) is 21.4 Å². The van der Waals surface area contributed by atoms with Gasteiger partial charge in [-0.15, -0.1) is 26.3 Å². The molecule has 0 N–H and O–H groups in total. The van der Waals surface area contributed by atoms with Crippen molar-refractivity contribution < 1.29 is 105 Å². The molecule has 58 heavy (non-hydrogen) atoms. The topological polar surface area (TPSA) is 33.5 Å². The van der Waals surface area contributed by atoms with E-state index in [0.717, 1.165) is 0 Å².